The molecule has 0 aromatic heterocycles. The van der Waals surface area contributed by atoms with Gasteiger partial charge >= 0.3 is 0 Å². The lowest BCUT2D eigenvalue weighted by Crippen LogP contribution is -2.52. The maximum atomic E-state index is 11.8. The van der Waals surface area contributed by atoms with Crippen LogP contribution in [0.3, 0.4) is 0 Å². The molecule has 0 bridgehead atoms. The third kappa shape index (κ3) is 6.46. The molecule has 1 saturated carbocycles. The number of nitrogens with one attached hydrogen (secondary N) is 1. The second kappa shape index (κ2) is 8.97. The Morgan fingerprint density at radius 3 is 2.29 bits per heavy atom. The van der Waals surface area contributed by atoms with E-state index in [1.54, 1.807) is 0 Å². The van der Waals surface area contributed by atoms with Crippen molar-refractivity contribution in [1.29, 1.82) is 0 Å². The van der Waals surface area contributed by atoms with Gasteiger partial charge < -0.3 is 16.0 Å². The topological polar surface area (TPSA) is 58.4 Å². The Balaban J connectivity index is 0. The zero-order chi connectivity index (χ0) is 11.3. The molecule has 0 saturated heterocycles. The summed E-state index contributed by atoms with van der Waals surface area (Å²) in [6.07, 6.45) is 4.83. The van der Waals surface area contributed by atoms with Crippen LogP contribution in [0, 0.1) is 0 Å². The van der Waals surface area contributed by atoms with E-state index >= 15 is 0 Å². The van der Waals surface area contributed by atoms with Crippen LogP contribution in [0.4, 0.5) is 0 Å². The van der Waals surface area contributed by atoms with Gasteiger partial charge in [-0.2, -0.15) is 0 Å². The molecule has 0 unspecified atom stereocenters. The van der Waals surface area contributed by atoms with Gasteiger partial charge in [0.25, 0.3) is 0 Å². The van der Waals surface area contributed by atoms with Crippen molar-refractivity contribution in [3.63, 3.8) is 0 Å². The first-order chi connectivity index (χ1) is 7.04. The van der Waals surface area contributed by atoms with Crippen LogP contribution in [0.5, 0.6) is 0 Å². The lowest BCUT2D eigenvalue weighted by Gasteiger charge is -2.22. The van der Waals surface area contributed by atoms with Crippen molar-refractivity contribution < 1.29 is 4.79 Å². The summed E-state index contributed by atoms with van der Waals surface area (Å²) in [7, 11) is 4.06. The largest absolute Gasteiger partial charge is 0.354 e. The van der Waals surface area contributed by atoms with Crippen molar-refractivity contribution in [2.24, 2.45) is 5.73 Å². The smallest absolute Gasteiger partial charge is 0.240 e. The third-order valence-electron chi connectivity index (χ3n) is 3.02. The highest BCUT2D eigenvalue weighted by atomic mass is 35.5. The summed E-state index contributed by atoms with van der Waals surface area (Å²) >= 11 is 0. The summed E-state index contributed by atoms with van der Waals surface area (Å²) in [5.41, 5.74) is 5.45. The minimum absolute atomic E-state index is 0. The van der Waals surface area contributed by atoms with Crippen LogP contribution < -0.4 is 11.1 Å². The normalized spacial score (nSPS) is 17.2. The van der Waals surface area contributed by atoms with E-state index in [9.17, 15) is 4.79 Å². The molecule has 1 amide bonds. The van der Waals surface area contributed by atoms with Gasteiger partial charge in [-0.1, -0.05) is 12.8 Å². The number of carbonyl (C=O) groups excluding carboxylic acids is 1. The second-order valence-electron chi connectivity index (χ2n) is 4.78. The van der Waals surface area contributed by atoms with Crippen LogP contribution in [0.15, 0.2) is 0 Å². The highest BCUT2D eigenvalue weighted by molar-refractivity contribution is 5.86. The van der Waals surface area contributed by atoms with Gasteiger partial charge in [0.05, 0.1) is 5.54 Å². The van der Waals surface area contributed by atoms with E-state index in [-0.39, 0.29) is 30.7 Å². The molecular weight excluding hydrogens is 261 g/mol. The minimum atomic E-state index is -0.571. The van der Waals surface area contributed by atoms with Gasteiger partial charge in [-0.05, 0) is 39.9 Å². The van der Waals surface area contributed by atoms with Crippen LogP contribution in [0.2, 0.25) is 0 Å². The van der Waals surface area contributed by atoms with Crippen LogP contribution in [0.1, 0.15) is 32.1 Å². The van der Waals surface area contributed by atoms with Gasteiger partial charge in [0.2, 0.25) is 5.91 Å². The molecule has 0 radical (unpaired) electrons. The van der Waals surface area contributed by atoms with E-state index in [2.05, 4.69) is 10.2 Å². The van der Waals surface area contributed by atoms with Crippen molar-refractivity contribution >= 4 is 30.7 Å². The molecule has 1 aliphatic carbocycles. The predicted octanol–water partition coefficient (Wildman–Crippen LogP) is 1.17. The lowest BCUT2D eigenvalue weighted by atomic mass is 9.98. The van der Waals surface area contributed by atoms with Gasteiger partial charge in [0.15, 0.2) is 0 Å². The minimum Gasteiger partial charge on any atom is -0.354 e. The summed E-state index contributed by atoms with van der Waals surface area (Å²) in [6, 6.07) is 0. The van der Waals surface area contributed by atoms with E-state index in [0.29, 0.717) is 0 Å². The van der Waals surface area contributed by atoms with Gasteiger partial charge in [-0.3, -0.25) is 4.79 Å². The number of hydrogen-bond acceptors (Lipinski definition) is 3. The Labute approximate surface area is 117 Å². The molecule has 0 aliphatic heterocycles. The molecule has 0 aromatic carbocycles. The van der Waals surface area contributed by atoms with Crippen LogP contribution in [0.25, 0.3) is 0 Å². The predicted molar refractivity (Wildman–Crippen MR) is 76.1 cm³/mol. The molecule has 1 aliphatic rings. The average Bonchev–Trinajstić information content (AvgIpc) is 2.60. The summed E-state index contributed by atoms with van der Waals surface area (Å²) in [5, 5.41) is 2.93. The number of hydrogen-bond donors (Lipinski definition) is 2. The summed E-state index contributed by atoms with van der Waals surface area (Å²) in [5.74, 6) is 0.0405. The number of carbonyl (C=O) groups is 1. The van der Waals surface area contributed by atoms with Crippen LogP contribution >= 0.6 is 24.8 Å². The molecule has 0 atom stereocenters. The van der Waals surface area contributed by atoms with Gasteiger partial charge in [-0.15, -0.1) is 24.8 Å². The third-order valence-corrected chi connectivity index (χ3v) is 3.02. The summed E-state index contributed by atoms with van der Waals surface area (Å²) in [6.45, 7) is 1.73. The Kier molecular flexibility index (Phi) is 10.2. The fourth-order valence-corrected chi connectivity index (χ4v) is 2.01. The first kappa shape index (κ1) is 19.3. The van der Waals surface area contributed by atoms with Gasteiger partial charge in [0.1, 0.15) is 0 Å². The molecule has 1 rings (SSSR count). The monoisotopic (exact) mass is 285 g/mol. The molecule has 17 heavy (non-hydrogen) atoms. The van der Waals surface area contributed by atoms with Crippen LogP contribution in [-0.4, -0.2) is 43.5 Å². The number of amides is 1. The molecular formula is C11H25Cl2N3O. The number of rotatable bonds is 5. The summed E-state index contributed by atoms with van der Waals surface area (Å²) in [4.78, 5) is 13.9. The number of nitrogens with zero attached hydrogens (tertiary/aromatic N) is 1. The first-order valence-electron chi connectivity index (χ1n) is 5.76. The van der Waals surface area contributed by atoms with E-state index in [4.69, 9.17) is 5.73 Å². The average molecular weight is 286 g/mol. The highest BCUT2D eigenvalue weighted by Gasteiger charge is 2.36. The second-order valence-corrected chi connectivity index (χ2v) is 4.78. The fraction of sp³-hybridized carbons (Fsp3) is 0.909. The number of nitrogens with two attached hydrogens (primary N) is 1. The fourth-order valence-electron chi connectivity index (χ4n) is 2.01. The quantitative estimate of drug-likeness (QED) is 0.746. The molecule has 0 aromatic rings. The number of halogens is 2. The molecule has 0 spiro atoms. The summed E-state index contributed by atoms with van der Waals surface area (Å²) < 4.78 is 0. The molecule has 3 N–H and O–H groups in total. The van der Waals surface area contributed by atoms with Crippen molar-refractivity contribution in [2.75, 3.05) is 27.2 Å². The standard InChI is InChI=1S/C11H23N3O.2ClH/c1-14(2)9-5-8-13-10(15)11(12)6-3-4-7-11;;/h3-9,12H2,1-2H3,(H,13,15);2*1H. The Morgan fingerprint density at radius 2 is 1.82 bits per heavy atom. The van der Waals surface area contributed by atoms with Gasteiger partial charge in [0, 0.05) is 6.54 Å². The lowest BCUT2D eigenvalue weighted by molar-refractivity contribution is -0.126. The van der Waals surface area contributed by atoms with Crippen molar-refractivity contribution in [3.05, 3.63) is 0 Å². The van der Waals surface area contributed by atoms with Crippen molar-refractivity contribution in [3.8, 4) is 0 Å². The van der Waals surface area contributed by atoms with E-state index < -0.39 is 5.54 Å². The maximum absolute atomic E-state index is 11.8. The zero-order valence-electron chi connectivity index (χ0n) is 10.7. The Morgan fingerprint density at radius 1 is 1.29 bits per heavy atom. The van der Waals surface area contributed by atoms with Gasteiger partial charge in [-0.25, -0.2) is 0 Å². The molecule has 1 fully saturated rings. The Hall–Kier alpha value is -0.0300. The van der Waals surface area contributed by atoms with Crippen molar-refractivity contribution in [1.82, 2.24) is 10.2 Å². The molecule has 6 heteroatoms. The Bertz CT molecular complexity index is 219. The SMILES string of the molecule is CN(C)CCCNC(=O)C1(N)CCCC1.Cl.Cl. The zero-order valence-corrected chi connectivity index (χ0v) is 12.3. The maximum Gasteiger partial charge on any atom is 0.240 e. The molecule has 104 valence electrons. The van der Waals surface area contributed by atoms with E-state index in [0.717, 1.165) is 45.2 Å². The molecule has 0 heterocycles. The molecule has 4 nitrogen and oxygen atoms in total. The van der Waals surface area contributed by atoms with E-state index in [1.165, 1.54) is 0 Å². The highest BCUT2D eigenvalue weighted by Crippen LogP contribution is 2.27. The van der Waals surface area contributed by atoms with E-state index in [1.807, 2.05) is 14.1 Å². The first-order valence-corrected chi connectivity index (χ1v) is 5.76. The van der Waals surface area contributed by atoms with Crippen molar-refractivity contribution in [2.45, 2.75) is 37.6 Å². The van der Waals surface area contributed by atoms with Crippen LogP contribution in [-0.2, 0) is 4.79 Å².